The highest BCUT2D eigenvalue weighted by molar-refractivity contribution is 5.79. The van der Waals surface area contributed by atoms with Gasteiger partial charge in [-0.15, -0.1) is 10.2 Å². The molecule has 0 fully saturated rings. The van der Waals surface area contributed by atoms with Crippen molar-refractivity contribution in [1.82, 2.24) is 35.1 Å². The van der Waals surface area contributed by atoms with Crippen LogP contribution in [0.4, 0.5) is 0 Å². The van der Waals surface area contributed by atoms with E-state index in [1.165, 1.54) is 4.80 Å². The van der Waals surface area contributed by atoms with E-state index in [1.54, 1.807) is 19.2 Å². The number of ether oxygens (including phenoxy) is 1. The smallest absolute Gasteiger partial charge is 0.258 e. The number of nitrogens with one attached hydrogen (secondary N) is 1. The Bertz CT molecular complexity index is 1150. The van der Waals surface area contributed by atoms with Crippen molar-refractivity contribution in [3.05, 3.63) is 54.4 Å². The predicted molar refractivity (Wildman–Crippen MR) is 107 cm³/mol. The lowest BCUT2D eigenvalue weighted by Crippen LogP contribution is -2.32. The van der Waals surface area contributed by atoms with E-state index in [1.807, 2.05) is 54.9 Å². The Kier molecular flexibility index (Phi) is 4.94. The van der Waals surface area contributed by atoms with Crippen LogP contribution >= 0.6 is 0 Å². The van der Waals surface area contributed by atoms with E-state index in [0.717, 1.165) is 22.4 Å². The highest BCUT2D eigenvalue weighted by Gasteiger charge is 2.16. The summed E-state index contributed by atoms with van der Waals surface area (Å²) in [6.07, 6.45) is 0. The number of hydrogen-bond acceptors (Lipinski definition) is 6. The molecule has 29 heavy (non-hydrogen) atoms. The maximum atomic E-state index is 12.3. The van der Waals surface area contributed by atoms with Gasteiger partial charge in [0.2, 0.25) is 5.82 Å². The van der Waals surface area contributed by atoms with E-state index in [9.17, 15) is 4.79 Å². The van der Waals surface area contributed by atoms with Crippen LogP contribution in [0.2, 0.25) is 0 Å². The van der Waals surface area contributed by atoms with Crippen LogP contribution in [0.3, 0.4) is 0 Å². The molecule has 0 saturated heterocycles. The minimum absolute atomic E-state index is 0.0863. The maximum Gasteiger partial charge on any atom is 0.258 e. The molecular formula is C20H21N7O2. The molecule has 0 unspecified atom stereocenters. The average molecular weight is 391 g/mol. The molecule has 0 bridgehead atoms. The molecule has 2 aromatic carbocycles. The van der Waals surface area contributed by atoms with Crippen LogP contribution in [0.15, 0.2) is 48.5 Å². The van der Waals surface area contributed by atoms with Crippen molar-refractivity contribution in [3.8, 4) is 17.1 Å². The summed E-state index contributed by atoms with van der Waals surface area (Å²) in [5, 5.41) is 14.9. The van der Waals surface area contributed by atoms with E-state index in [-0.39, 0.29) is 18.6 Å². The van der Waals surface area contributed by atoms with E-state index < -0.39 is 0 Å². The van der Waals surface area contributed by atoms with E-state index >= 15 is 0 Å². The fourth-order valence-electron chi connectivity index (χ4n) is 3.15. The first-order valence-corrected chi connectivity index (χ1v) is 9.19. The fourth-order valence-corrected chi connectivity index (χ4v) is 3.15. The van der Waals surface area contributed by atoms with Crippen LogP contribution in [-0.2, 0) is 18.9 Å². The summed E-state index contributed by atoms with van der Waals surface area (Å²) in [7, 11) is 3.65. The molecule has 4 aromatic rings. The third kappa shape index (κ3) is 3.93. The largest absolute Gasteiger partial charge is 0.484 e. The van der Waals surface area contributed by atoms with Crippen LogP contribution in [-0.4, -0.2) is 42.3 Å². The summed E-state index contributed by atoms with van der Waals surface area (Å²) in [4.78, 5) is 18.3. The number of rotatable bonds is 6. The second-order valence-corrected chi connectivity index (χ2v) is 6.72. The number of carbonyl (C=O) groups excluding carboxylic acids is 1. The van der Waals surface area contributed by atoms with Gasteiger partial charge in [0.05, 0.1) is 24.1 Å². The zero-order chi connectivity index (χ0) is 20.4. The number of imidazole rings is 1. The number of benzene rings is 2. The van der Waals surface area contributed by atoms with Gasteiger partial charge < -0.3 is 14.6 Å². The SMILES string of the molecule is C[C@H](NC(=O)COc1ccc(-c2nnn(C)n2)cc1)c1nc2ccccc2n1C. The number of fused-ring (bicyclic) bond motifs is 1. The molecule has 0 aliphatic rings. The van der Waals surface area contributed by atoms with E-state index in [0.29, 0.717) is 11.6 Å². The first kappa shape index (κ1) is 18.6. The number of carbonyl (C=O) groups is 1. The zero-order valence-electron chi connectivity index (χ0n) is 16.4. The van der Waals surface area contributed by atoms with Gasteiger partial charge in [-0.2, -0.15) is 4.80 Å². The summed E-state index contributed by atoms with van der Waals surface area (Å²) < 4.78 is 7.58. The van der Waals surface area contributed by atoms with Gasteiger partial charge in [0.25, 0.3) is 5.91 Å². The number of amides is 1. The summed E-state index contributed by atoms with van der Waals surface area (Å²) in [5.41, 5.74) is 2.75. The first-order valence-electron chi connectivity index (χ1n) is 9.19. The molecule has 0 aliphatic heterocycles. The Morgan fingerprint density at radius 1 is 1.14 bits per heavy atom. The first-order chi connectivity index (χ1) is 14.0. The Morgan fingerprint density at radius 2 is 1.90 bits per heavy atom. The summed E-state index contributed by atoms with van der Waals surface area (Å²) in [5.74, 6) is 1.70. The van der Waals surface area contributed by atoms with Gasteiger partial charge in [-0.1, -0.05) is 12.1 Å². The van der Waals surface area contributed by atoms with Gasteiger partial charge in [0.1, 0.15) is 11.6 Å². The minimum Gasteiger partial charge on any atom is -0.484 e. The molecule has 2 aromatic heterocycles. The quantitative estimate of drug-likeness (QED) is 0.540. The molecule has 0 saturated carbocycles. The Labute approximate surface area is 167 Å². The van der Waals surface area contributed by atoms with Crippen LogP contribution in [0.1, 0.15) is 18.8 Å². The fraction of sp³-hybridized carbons (Fsp3) is 0.250. The van der Waals surface area contributed by atoms with Crippen molar-refractivity contribution in [2.24, 2.45) is 14.1 Å². The maximum absolute atomic E-state index is 12.3. The van der Waals surface area contributed by atoms with Crippen molar-refractivity contribution in [2.45, 2.75) is 13.0 Å². The second kappa shape index (κ2) is 7.70. The molecule has 0 radical (unpaired) electrons. The van der Waals surface area contributed by atoms with Crippen molar-refractivity contribution in [2.75, 3.05) is 6.61 Å². The van der Waals surface area contributed by atoms with Crippen molar-refractivity contribution in [3.63, 3.8) is 0 Å². The third-order valence-corrected chi connectivity index (χ3v) is 4.58. The van der Waals surface area contributed by atoms with E-state index in [4.69, 9.17) is 4.74 Å². The molecule has 0 spiro atoms. The lowest BCUT2D eigenvalue weighted by Gasteiger charge is -2.14. The molecule has 0 aliphatic carbocycles. The van der Waals surface area contributed by atoms with Crippen molar-refractivity contribution >= 4 is 16.9 Å². The molecular weight excluding hydrogens is 370 g/mol. The molecule has 1 N–H and O–H groups in total. The number of tetrazole rings is 1. The topological polar surface area (TPSA) is 99.8 Å². The van der Waals surface area contributed by atoms with Crippen molar-refractivity contribution < 1.29 is 9.53 Å². The zero-order valence-corrected chi connectivity index (χ0v) is 16.4. The highest BCUT2D eigenvalue weighted by atomic mass is 16.5. The Hall–Kier alpha value is -3.75. The molecule has 9 heteroatoms. The van der Waals surface area contributed by atoms with Gasteiger partial charge in [-0.25, -0.2) is 4.98 Å². The van der Waals surface area contributed by atoms with Gasteiger partial charge in [-0.3, -0.25) is 4.79 Å². The summed E-state index contributed by atoms with van der Waals surface area (Å²) in [6.45, 7) is 1.82. The number of para-hydroxylation sites is 2. The van der Waals surface area contributed by atoms with Crippen LogP contribution in [0.25, 0.3) is 22.4 Å². The molecule has 1 amide bonds. The highest BCUT2D eigenvalue weighted by Crippen LogP contribution is 2.20. The van der Waals surface area contributed by atoms with Crippen LogP contribution in [0, 0.1) is 0 Å². The monoisotopic (exact) mass is 391 g/mol. The molecule has 4 rings (SSSR count). The number of aromatic nitrogens is 6. The van der Waals surface area contributed by atoms with Crippen LogP contribution < -0.4 is 10.1 Å². The summed E-state index contributed by atoms with van der Waals surface area (Å²) >= 11 is 0. The van der Waals surface area contributed by atoms with Gasteiger partial charge in [0.15, 0.2) is 6.61 Å². The van der Waals surface area contributed by atoms with E-state index in [2.05, 4.69) is 25.7 Å². The summed E-state index contributed by atoms with van der Waals surface area (Å²) in [6, 6.07) is 14.8. The van der Waals surface area contributed by atoms with Crippen LogP contribution in [0.5, 0.6) is 5.75 Å². The standard InChI is InChI=1S/C20H21N7O2/c1-13(20-22-16-6-4-5-7-17(16)26(20)2)21-18(28)12-29-15-10-8-14(9-11-15)19-23-25-27(3)24-19/h4-11,13H,12H2,1-3H3,(H,21,28)/t13-/m0/s1. The minimum atomic E-state index is -0.242. The Morgan fingerprint density at radius 3 is 2.59 bits per heavy atom. The molecule has 9 nitrogen and oxygen atoms in total. The van der Waals surface area contributed by atoms with Gasteiger partial charge in [0, 0.05) is 12.6 Å². The number of aryl methyl sites for hydroxylation is 2. The van der Waals surface area contributed by atoms with Crippen molar-refractivity contribution in [1.29, 1.82) is 0 Å². The number of nitrogens with zero attached hydrogens (tertiary/aromatic N) is 6. The lowest BCUT2D eigenvalue weighted by atomic mass is 10.2. The number of hydrogen-bond donors (Lipinski definition) is 1. The third-order valence-electron chi connectivity index (χ3n) is 4.58. The average Bonchev–Trinajstić information content (AvgIpc) is 3.31. The lowest BCUT2D eigenvalue weighted by molar-refractivity contribution is -0.123. The normalized spacial score (nSPS) is 12.1. The second-order valence-electron chi connectivity index (χ2n) is 6.72. The van der Waals surface area contributed by atoms with Gasteiger partial charge >= 0.3 is 0 Å². The molecule has 2 heterocycles. The molecule has 1 atom stereocenters. The Balaban J connectivity index is 1.35. The molecule has 148 valence electrons. The van der Waals surface area contributed by atoms with Gasteiger partial charge in [-0.05, 0) is 48.5 Å². The predicted octanol–water partition coefficient (Wildman–Crippen LogP) is 2.02.